The molecule has 0 bridgehead atoms. The molecule has 0 radical (unpaired) electrons. The van der Waals surface area contributed by atoms with E-state index in [1.165, 1.54) is 11.1 Å². The molecule has 1 amide bonds. The van der Waals surface area contributed by atoms with Crippen LogP contribution in [0.4, 0.5) is 0 Å². The zero-order chi connectivity index (χ0) is 21.0. The van der Waals surface area contributed by atoms with E-state index in [9.17, 15) is 9.90 Å². The lowest BCUT2D eigenvalue weighted by atomic mass is 9.53. The van der Waals surface area contributed by atoms with Crippen LogP contribution in [0.5, 0.6) is 5.75 Å². The molecule has 0 unspecified atom stereocenters. The minimum Gasteiger partial charge on any atom is -0.489 e. The second-order valence-electron chi connectivity index (χ2n) is 8.87. The Morgan fingerprint density at radius 1 is 1.10 bits per heavy atom. The number of rotatable bonds is 7. The molecular formula is C26H33NO3. The largest absolute Gasteiger partial charge is 0.489 e. The maximum atomic E-state index is 11.8. The summed E-state index contributed by atoms with van der Waals surface area (Å²) in [5.41, 5.74) is 2.67. The molecule has 4 heteroatoms. The molecule has 160 valence electrons. The molecule has 2 aliphatic rings. The van der Waals surface area contributed by atoms with Crippen molar-refractivity contribution >= 4 is 5.91 Å². The standard InChI is InChI=1S/C26H33NO3/c1-2-24(28)27-17-16-25-13-6-7-14-26(25,29)15-12-21-10-11-22(18-23(21)25)30-19-20-8-4-3-5-9-20/h3-5,8-11,18,29H,2,6-7,12-17,19H2,1H3,(H,27,28)/t25-,26+/m0/s1. The van der Waals surface area contributed by atoms with Gasteiger partial charge in [-0.15, -0.1) is 0 Å². The first-order chi connectivity index (χ1) is 14.6. The molecule has 0 heterocycles. The maximum absolute atomic E-state index is 11.8. The van der Waals surface area contributed by atoms with Crippen LogP contribution < -0.4 is 10.1 Å². The Kier molecular flexibility index (Phi) is 6.14. The Balaban J connectivity index is 1.62. The van der Waals surface area contributed by atoms with Gasteiger partial charge < -0.3 is 15.2 Å². The van der Waals surface area contributed by atoms with E-state index in [2.05, 4.69) is 35.6 Å². The number of carbonyl (C=O) groups excluding carboxylic acids is 1. The van der Waals surface area contributed by atoms with Crippen LogP contribution in [0.25, 0.3) is 0 Å². The monoisotopic (exact) mass is 407 g/mol. The maximum Gasteiger partial charge on any atom is 0.219 e. The van der Waals surface area contributed by atoms with E-state index in [0.717, 1.165) is 56.3 Å². The predicted octanol–water partition coefficient (Wildman–Crippen LogP) is 4.67. The minimum atomic E-state index is -0.701. The lowest BCUT2D eigenvalue weighted by Gasteiger charge is -2.55. The smallest absolute Gasteiger partial charge is 0.219 e. The highest BCUT2D eigenvalue weighted by molar-refractivity contribution is 5.75. The molecule has 0 spiro atoms. The zero-order valence-electron chi connectivity index (χ0n) is 18.0. The van der Waals surface area contributed by atoms with Crippen molar-refractivity contribution in [2.75, 3.05) is 6.54 Å². The molecule has 0 aromatic heterocycles. The third kappa shape index (κ3) is 3.98. The summed E-state index contributed by atoms with van der Waals surface area (Å²) in [4.78, 5) is 11.8. The molecule has 2 N–H and O–H groups in total. The first kappa shape index (κ1) is 20.9. The van der Waals surface area contributed by atoms with Crippen LogP contribution >= 0.6 is 0 Å². The van der Waals surface area contributed by atoms with Crippen LogP contribution in [0.3, 0.4) is 0 Å². The van der Waals surface area contributed by atoms with Crippen LogP contribution in [0, 0.1) is 0 Å². The fourth-order valence-electron chi connectivity index (χ4n) is 5.49. The summed E-state index contributed by atoms with van der Waals surface area (Å²) in [6.45, 7) is 3.00. The summed E-state index contributed by atoms with van der Waals surface area (Å²) in [6.07, 6.45) is 6.93. The van der Waals surface area contributed by atoms with Crippen molar-refractivity contribution in [3.63, 3.8) is 0 Å². The second-order valence-corrected chi connectivity index (χ2v) is 8.87. The van der Waals surface area contributed by atoms with Crippen molar-refractivity contribution in [2.24, 2.45) is 0 Å². The molecule has 2 aliphatic carbocycles. The number of aryl methyl sites for hydroxylation is 1. The summed E-state index contributed by atoms with van der Waals surface area (Å²) in [5.74, 6) is 0.922. The van der Waals surface area contributed by atoms with Crippen LogP contribution in [0.15, 0.2) is 48.5 Å². The highest BCUT2D eigenvalue weighted by Gasteiger charge is 2.54. The van der Waals surface area contributed by atoms with E-state index in [4.69, 9.17) is 4.74 Å². The molecule has 2 aromatic carbocycles. The molecule has 2 atom stereocenters. The van der Waals surface area contributed by atoms with Gasteiger partial charge in [0.05, 0.1) is 5.60 Å². The Morgan fingerprint density at radius 2 is 1.90 bits per heavy atom. The van der Waals surface area contributed by atoms with Crippen LogP contribution in [0.2, 0.25) is 0 Å². The third-order valence-electron chi connectivity index (χ3n) is 7.18. The predicted molar refractivity (Wildman–Crippen MR) is 119 cm³/mol. The van der Waals surface area contributed by atoms with Gasteiger partial charge in [0.1, 0.15) is 12.4 Å². The average Bonchev–Trinajstić information content (AvgIpc) is 2.78. The Labute approximate surface area is 179 Å². The number of hydrogen-bond donors (Lipinski definition) is 2. The first-order valence-corrected chi connectivity index (χ1v) is 11.4. The minimum absolute atomic E-state index is 0.0710. The number of amides is 1. The lowest BCUT2D eigenvalue weighted by molar-refractivity contribution is -0.121. The van der Waals surface area contributed by atoms with E-state index in [-0.39, 0.29) is 11.3 Å². The summed E-state index contributed by atoms with van der Waals surface area (Å²) in [5, 5.41) is 14.8. The van der Waals surface area contributed by atoms with E-state index in [0.29, 0.717) is 19.6 Å². The second kappa shape index (κ2) is 8.81. The van der Waals surface area contributed by atoms with E-state index < -0.39 is 5.60 Å². The van der Waals surface area contributed by atoms with E-state index in [1.54, 1.807) is 0 Å². The van der Waals surface area contributed by atoms with Crippen LogP contribution in [-0.2, 0) is 23.2 Å². The summed E-state index contributed by atoms with van der Waals surface area (Å²) in [7, 11) is 0. The molecule has 30 heavy (non-hydrogen) atoms. The normalized spacial score (nSPS) is 25.1. The van der Waals surface area contributed by atoms with Gasteiger partial charge in [-0.1, -0.05) is 56.2 Å². The molecule has 0 aliphatic heterocycles. The first-order valence-electron chi connectivity index (χ1n) is 11.4. The number of hydrogen-bond acceptors (Lipinski definition) is 3. The molecular weight excluding hydrogens is 374 g/mol. The molecule has 1 saturated carbocycles. The highest BCUT2D eigenvalue weighted by Crippen LogP contribution is 2.55. The topological polar surface area (TPSA) is 58.6 Å². The number of nitrogens with one attached hydrogen (secondary N) is 1. The number of benzene rings is 2. The summed E-state index contributed by atoms with van der Waals surface area (Å²) in [6, 6.07) is 16.6. The molecule has 4 rings (SSSR count). The van der Waals surface area contributed by atoms with E-state index in [1.807, 2.05) is 25.1 Å². The van der Waals surface area contributed by atoms with Crippen LogP contribution in [-0.4, -0.2) is 23.2 Å². The van der Waals surface area contributed by atoms with Crippen molar-refractivity contribution in [3.8, 4) is 5.75 Å². The molecule has 4 nitrogen and oxygen atoms in total. The number of aliphatic hydroxyl groups is 1. The van der Waals surface area contributed by atoms with Crippen LogP contribution in [0.1, 0.15) is 68.6 Å². The summed E-state index contributed by atoms with van der Waals surface area (Å²) >= 11 is 0. The fraction of sp³-hybridized carbons (Fsp3) is 0.500. The van der Waals surface area contributed by atoms with Crippen molar-refractivity contribution in [1.82, 2.24) is 5.32 Å². The molecule has 1 fully saturated rings. The van der Waals surface area contributed by atoms with Gasteiger partial charge in [0.25, 0.3) is 0 Å². The van der Waals surface area contributed by atoms with Gasteiger partial charge in [-0.05, 0) is 60.9 Å². The quantitative estimate of drug-likeness (QED) is 0.701. The lowest BCUT2D eigenvalue weighted by Crippen LogP contribution is -2.57. The average molecular weight is 408 g/mol. The SMILES string of the molecule is CCC(=O)NCC[C@]12CCCC[C@@]1(O)CCc1ccc(OCc3ccccc3)cc12. The van der Waals surface area contributed by atoms with Gasteiger partial charge in [-0.3, -0.25) is 4.79 Å². The zero-order valence-corrected chi connectivity index (χ0v) is 18.0. The van der Waals surface area contributed by atoms with Gasteiger partial charge in [-0.2, -0.15) is 0 Å². The Bertz CT molecular complexity index is 881. The van der Waals surface area contributed by atoms with Gasteiger partial charge in [0.2, 0.25) is 5.91 Å². The fourth-order valence-corrected chi connectivity index (χ4v) is 5.49. The molecule has 0 saturated heterocycles. The van der Waals surface area contributed by atoms with Crippen molar-refractivity contribution in [3.05, 3.63) is 65.2 Å². The van der Waals surface area contributed by atoms with Crippen molar-refractivity contribution < 1.29 is 14.6 Å². The number of fused-ring (bicyclic) bond motifs is 3. The number of ether oxygens (including phenoxy) is 1. The third-order valence-corrected chi connectivity index (χ3v) is 7.18. The van der Waals surface area contributed by atoms with Gasteiger partial charge in [-0.25, -0.2) is 0 Å². The van der Waals surface area contributed by atoms with Gasteiger partial charge in [0, 0.05) is 18.4 Å². The number of carbonyl (C=O) groups is 1. The molecule has 2 aromatic rings. The van der Waals surface area contributed by atoms with E-state index >= 15 is 0 Å². The van der Waals surface area contributed by atoms with Crippen molar-refractivity contribution in [2.45, 2.75) is 75.9 Å². The summed E-state index contributed by atoms with van der Waals surface area (Å²) < 4.78 is 6.12. The Morgan fingerprint density at radius 3 is 2.70 bits per heavy atom. The van der Waals surface area contributed by atoms with Crippen molar-refractivity contribution in [1.29, 1.82) is 0 Å². The van der Waals surface area contributed by atoms with Gasteiger partial charge in [0.15, 0.2) is 0 Å². The highest BCUT2D eigenvalue weighted by atomic mass is 16.5. The Hall–Kier alpha value is -2.33. The van der Waals surface area contributed by atoms with Gasteiger partial charge >= 0.3 is 0 Å².